The molecule has 0 radical (unpaired) electrons. The number of thiol groups is 1. The van der Waals surface area contributed by atoms with Gasteiger partial charge in [-0.1, -0.05) is 13.3 Å². The largest absolute Gasteiger partial charge is 0.417 e. The topological polar surface area (TPSA) is 22.0 Å². The van der Waals surface area contributed by atoms with Gasteiger partial charge < -0.3 is 4.57 Å². The monoisotopic (exact) mass is 279 g/mol. The van der Waals surface area contributed by atoms with Crippen LogP contribution in [0.2, 0.25) is 0 Å². The number of hydrogen-bond acceptors (Lipinski definition) is 2. The zero-order valence-corrected chi connectivity index (χ0v) is 11.0. The zero-order valence-electron chi connectivity index (χ0n) is 10.1. The van der Waals surface area contributed by atoms with E-state index in [1.54, 1.807) is 0 Å². The van der Waals surface area contributed by atoms with Crippen LogP contribution in [0.5, 0.6) is 0 Å². The lowest BCUT2D eigenvalue weighted by Gasteiger charge is -2.16. The molecule has 0 spiro atoms. The van der Waals surface area contributed by atoms with E-state index in [0.29, 0.717) is 5.75 Å². The second-order valence-corrected chi connectivity index (χ2v) is 4.61. The molecule has 0 fully saturated rings. The first-order valence-corrected chi connectivity index (χ1v) is 6.40. The average molecular weight is 279 g/mol. The van der Waals surface area contributed by atoms with Crippen LogP contribution in [0, 0.1) is 5.92 Å². The van der Waals surface area contributed by atoms with Crippen LogP contribution in [-0.2, 0) is 12.7 Å². The molecule has 0 bridgehead atoms. The fraction of sp³-hybridized carbons (Fsp3) is 0.583. The Labute approximate surface area is 109 Å². The van der Waals surface area contributed by atoms with Crippen molar-refractivity contribution in [1.82, 2.24) is 4.57 Å². The second-order valence-electron chi connectivity index (χ2n) is 4.24. The third-order valence-corrected chi connectivity index (χ3v) is 3.24. The average Bonchev–Trinajstić information content (AvgIpc) is 2.29. The first-order valence-electron chi connectivity index (χ1n) is 5.77. The van der Waals surface area contributed by atoms with Gasteiger partial charge in [0, 0.05) is 18.8 Å². The fourth-order valence-corrected chi connectivity index (χ4v) is 2.07. The van der Waals surface area contributed by atoms with Gasteiger partial charge in [-0.25, -0.2) is 0 Å². The Kier molecular flexibility index (Phi) is 5.31. The van der Waals surface area contributed by atoms with E-state index in [1.807, 2.05) is 6.92 Å². The molecule has 2 nitrogen and oxygen atoms in total. The van der Waals surface area contributed by atoms with E-state index < -0.39 is 17.3 Å². The van der Waals surface area contributed by atoms with Gasteiger partial charge in [0.15, 0.2) is 0 Å². The van der Waals surface area contributed by atoms with Crippen molar-refractivity contribution in [3.8, 4) is 0 Å². The van der Waals surface area contributed by atoms with Crippen molar-refractivity contribution in [1.29, 1.82) is 0 Å². The predicted molar refractivity (Wildman–Crippen MR) is 68.0 cm³/mol. The lowest BCUT2D eigenvalue weighted by molar-refractivity contribution is -0.138. The zero-order chi connectivity index (χ0) is 13.8. The molecule has 1 unspecified atom stereocenters. The van der Waals surface area contributed by atoms with Gasteiger partial charge in [-0.05, 0) is 24.2 Å². The Morgan fingerprint density at radius 3 is 2.56 bits per heavy atom. The van der Waals surface area contributed by atoms with Gasteiger partial charge in [0.2, 0.25) is 0 Å². The van der Waals surface area contributed by atoms with Gasteiger partial charge in [0.05, 0.1) is 5.56 Å². The Bertz CT molecular complexity index is 442. The van der Waals surface area contributed by atoms with Crippen LogP contribution in [-0.4, -0.2) is 10.3 Å². The maximum atomic E-state index is 12.5. The van der Waals surface area contributed by atoms with Crippen LogP contribution in [0.4, 0.5) is 13.2 Å². The third kappa shape index (κ3) is 4.08. The molecule has 0 amide bonds. The molecule has 18 heavy (non-hydrogen) atoms. The van der Waals surface area contributed by atoms with Crippen molar-refractivity contribution < 1.29 is 13.2 Å². The van der Waals surface area contributed by atoms with Crippen LogP contribution in [0.3, 0.4) is 0 Å². The van der Waals surface area contributed by atoms with Crippen molar-refractivity contribution in [2.24, 2.45) is 5.92 Å². The molecule has 6 heteroatoms. The van der Waals surface area contributed by atoms with Crippen molar-refractivity contribution in [2.75, 3.05) is 5.75 Å². The highest BCUT2D eigenvalue weighted by Crippen LogP contribution is 2.28. The number of nitrogens with zero attached hydrogens (tertiary/aromatic N) is 1. The molecule has 0 aromatic carbocycles. The maximum Gasteiger partial charge on any atom is 0.417 e. The Morgan fingerprint density at radius 2 is 2.06 bits per heavy atom. The lowest BCUT2D eigenvalue weighted by Crippen LogP contribution is -2.25. The summed E-state index contributed by atoms with van der Waals surface area (Å²) in [6, 6.07) is 1.78. The molecular weight excluding hydrogens is 263 g/mol. The number of halogens is 3. The van der Waals surface area contributed by atoms with E-state index in [0.717, 1.165) is 35.7 Å². The van der Waals surface area contributed by atoms with E-state index >= 15 is 0 Å². The van der Waals surface area contributed by atoms with E-state index in [-0.39, 0.29) is 12.5 Å². The Balaban J connectivity index is 2.97. The smallest absolute Gasteiger partial charge is 0.315 e. The minimum absolute atomic E-state index is 0.111. The standard InChI is InChI=1S/C12H16F3NOS/c1-2-3-9(8-18)6-16-7-10(12(13,14)15)4-5-11(16)17/h4-5,7,9,18H,2-3,6,8H2,1H3. The van der Waals surface area contributed by atoms with Crippen LogP contribution >= 0.6 is 12.6 Å². The second kappa shape index (κ2) is 6.31. The van der Waals surface area contributed by atoms with Gasteiger partial charge in [-0.15, -0.1) is 0 Å². The Hall–Kier alpha value is -0.910. The summed E-state index contributed by atoms with van der Waals surface area (Å²) < 4.78 is 38.7. The van der Waals surface area contributed by atoms with Crippen LogP contribution < -0.4 is 5.56 Å². The quantitative estimate of drug-likeness (QED) is 0.821. The van der Waals surface area contributed by atoms with Gasteiger partial charge >= 0.3 is 6.18 Å². The molecule has 1 atom stereocenters. The van der Waals surface area contributed by atoms with Crippen molar-refractivity contribution >= 4 is 12.6 Å². The van der Waals surface area contributed by atoms with Crippen molar-refractivity contribution in [3.63, 3.8) is 0 Å². The molecule has 0 aliphatic carbocycles. The molecule has 1 rings (SSSR count). The molecule has 102 valence electrons. The maximum absolute atomic E-state index is 12.5. The first-order chi connectivity index (χ1) is 8.38. The highest BCUT2D eigenvalue weighted by Gasteiger charge is 2.31. The van der Waals surface area contributed by atoms with Gasteiger partial charge in [-0.2, -0.15) is 25.8 Å². The number of alkyl halides is 3. The first kappa shape index (κ1) is 15.1. The minimum Gasteiger partial charge on any atom is -0.315 e. The van der Waals surface area contributed by atoms with E-state index in [4.69, 9.17) is 0 Å². The summed E-state index contributed by atoms with van der Waals surface area (Å²) in [6.45, 7) is 2.27. The summed E-state index contributed by atoms with van der Waals surface area (Å²) in [7, 11) is 0. The lowest BCUT2D eigenvalue weighted by atomic mass is 10.1. The van der Waals surface area contributed by atoms with Crippen LogP contribution in [0.15, 0.2) is 23.1 Å². The van der Waals surface area contributed by atoms with Crippen LogP contribution in [0.1, 0.15) is 25.3 Å². The highest BCUT2D eigenvalue weighted by atomic mass is 32.1. The molecule has 1 heterocycles. The summed E-state index contributed by atoms with van der Waals surface area (Å²) in [5.74, 6) is 0.663. The molecule has 0 N–H and O–H groups in total. The van der Waals surface area contributed by atoms with Crippen molar-refractivity contribution in [2.45, 2.75) is 32.5 Å². The number of aromatic nitrogens is 1. The van der Waals surface area contributed by atoms with Crippen LogP contribution in [0.25, 0.3) is 0 Å². The number of hydrogen-bond donors (Lipinski definition) is 1. The minimum atomic E-state index is -4.42. The normalized spacial score (nSPS) is 13.6. The molecule has 0 aliphatic heterocycles. The molecule has 0 saturated carbocycles. The fourth-order valence-electron chi connectivity index (χ4n) is 1.77. The summed E-state index contributed by atoms with van der Waals surface area (Å²) in [6.07, 6.45) is -1.78. The van der Waals surface area contributed by atoms with Crippen molar-refractivity contribution in [3.05, 3.63) is 34.2 Å². The molecule has 1 aromatic rings. The highest BCUT2D eigenvalue weighted by molar-refractivity contribution is 7.80. The molecule has 1 aromatic heterocycles. The van der Waals surface area contributed by atoms with E-state index in [2.05, 4.69) is 12.6 Å². The predicted octanol–water partition coefficient (Wildman–Crippen LogP) is 3.21. The third-order valence-electron chi connectivity index (χ3n) is 2.72. The molecule has 0 aliphatic rings. The number of pyridine rings is 1. The summed E-state index contributed by atoms with van der Waals surface area (Å²) >= 11 is 4.16. The summed E-state index contributed by atoms with van der Waals surface area (Å²) in [5.41, 5.74) is -1.21. The Morgan fingerprint density at radius 1 is 1.39 bits per heavy atom. The number of rotatable bonds is 5. The SMILES string of the molecule is CCCC(CS)Cn1cc(C(F)(F)F)ccc1=O. The van der Waals surface area contributed by atoms with E-state index in [1.165, 1.54) is 0 Å². The summed E-state index contributed by atoms with van der Waals surface area (Å²) in [5, 5.41) is 0. The van der Waals surface area contributed by atoms with Gasteiger partial charge in [-0.3, -0.25) is 4.79 Å². The molecule has 0 saturated heterocycles. The van der Waals surface area contributed by atoms with Gasteiger partial charge in [0.25, 0.3) is 5.56 Å². The molecular formula is C12H16F3NOS. The van der Waals surface area contributed by atoms with E-state index in [9.17, 15) is 18.0 Å². The summed E-state index contributed by atoms with van der Waals surface area (Å²) in [4.78, 5) is 11.5. The van der Waals surface area contributed by atoms with Gasteiger partial charge in [0.1, 0.15) is 0 Å².